The number of rotatable bonds is 4. The first kappa shape index (κ1) is 16.0. The molecule has 124 valence electrons. The molecule has 0 spiro atoms. The van der Waals surface area contributed by atoms with Crippen LogP contribution in [-0.4, -0.2) is 56.1 Å². The molecule has 1 aromatic rings. The summed E-state index contributed by atoms with van der Waals surface area (Å²) < 4.78 is 5.26. The predicted octanol–water partition coefficient (Wildman–Crippen LogP) is 0.636. The van der Waals surface area contributed by atoms with E-state index in [0.717, 1.165) is 30.8 Å². The molecule has 6 nitrogen and oxygen atoms in total. The van der Waals surface area contributed by atoms with E-state index in [1.165, 1.54) is 0 Å². The molecule has 23 heavy (non-hydrogen) atoms. The van der Waals surface area contributed by atoms with Crippen LogP contribution in [0.25, 0.3) is 0 Å². The molecule has 1 atom stereocenters. The normalized spacial score (nSPS) is 21.2. The number of anilines is 1. The van der Waals surface area contributed by atoms with Crippen molar-refractivity contribution < 1.29 is 14.3 Å². The molecule has 1 aromatic carbocycles. The second-order valence-corrected chi connectivity index (χ2v) is 6.05. The first-order valence-electron chi connectivity index (χ1n) is 8.18. The number of morpholine rings is 1. The first-order chi connectivity index (χ1) is 11.2. The van der Waals surface area contributed by atoms with Crippen molar-refractivity contribution in [3.05, 3.63) is 29.8 Å². The zero-order valence-electron chi connectivity index (χ0n) is 13.2. The van der Waals surface area contributed by atoms with Gasteiger partial charge < -0.3 is 20.3 Å². The monoisotopic (exact) mass is 317 g/mol. The van der Waals surface area contributed by atoms with Gasteiger partial charge in [0, 0.05) is 25.3 Å². The van der Waals surface area contributed by atoms with Gasteiger partial charge in [0.15, 0.2) is 0 Å². The summed E-state index contributed by atoms with van der Waals surface area (Å²) in [4.78, 5) is 26.1. The fraction of sp³-hybridized carbons (Fsp3) is 0.529. The highest BCUT2D eigenvalue weighted by atomic mass is 16.5. The molecule has 3 rings (SSSR count). The van der Waals surface area contributed by atoms with E-state index in [2.05, 4.69) is 10.6 Å². The molecule has 0 radical (unpaired) electrons. The minimum absolute atomic E-state index is 0.0533. The highest BCUT2D eigenvalue weighted by Crippen LogP contribution is 2.15. The molecule has 6 heteroatoms. The Morgan fingerprint density at radius 2 is 1.96 bits per heavy atom. The van der Waals surface area contributed by atoms with Gasteiger partial charge in [-0.2, -0.15) is 0 Å². The van der Waals surface area contributed by atoms with Crippen LogP contribution in [0.15, 0.2) is 24.3 Å². The third-order valence-electron chi connectivity index (χ3n) is 4.37. The molecule has 2 aliphatic heterocycles. The van der Waals surface area contributed by atoms with E-state index in [1.54, 1.807) is 0 Å². The molecule has 0 aliphatic carbocycles. The van der Waals surface area contributed by atoms with E-state index in [4.69, 9.17) is 4.74 Å². The number of nitrogens with zero attached hydrogens (tertiary/aromatic N) is 1. The Hall–Kier alpha value is -1.92. The summed E-state index contributed by atoms with van der Waals surface area (Å²) in [6.07, 6.45) is 1.28. The average molecular weight is 317 g/mol. The van der Waals surface area contributed by atoms with Crippen molar-refractivity contribution in [2.24, 2.45) is 5.92 Å². The Morgan fingerprint density at radius 1 is 1.22 bits per heavy atom. The Kier molecular flexibility index (Phi) is 5.25. The fourth-order valence-corrected chi connectivity index (χ4v) is 2.93. The zero-order valence-corrected chi connectivity index (χ0v) is 13.2. The third kappa shape index (κ3) is 4.30. The molecule has 2 N–H and O–H groups in total. The first-order valence-corrected chi connectivity index (χ1v) is 8.18. The molecule has 2 amide bonds. The van der Waals surface area contributed by atoms with Crippen molar-refractivity contribution in [3.8, 4) is 0 Å². The van der Waals surface area contributed by atoms with Gasteiger partial charge in [-0.1, -0.05) is 12.1 Å². The van der Waals surface area contributed by atoms with E-state index in [9.17, 15) is 9.59 Å². The van der Waals surface area contributed by atoms with Crippen LogP contribution in [-0.2, 0) is 20.7 Å². The smallest absolute Gasteiger partial charge is 0.228 e. The number of carbonyl (C=O) groups is 2. The van der Waals surface area contributed by atoms with E-state index in [-0.39, 0.29) is 17.7 Å². The number of ether oxygens (including phenoxy) is 1. The standard InChI is InChI=1S/C17H23N3O3/c21-16(20-7-9-23-10-8-20)11-13-1-3-15(4-2-13)19-17(22)14-5-6-18-12-14/h1-4,14,18H,5-12H2,(H,19,22). The highest BCUT2D eigenvalue weighted by Gasteiger charge is 2.22. The van der Waals surface area contributed by atoms with E-state index >= 15 is 0 Å². The summed E-state index contributed by atoms with van der Waals surface area (Å²) in [5, 5.41) is 6.13. The van der Waals surface area contributed by atoms with Crippen molar-refractivity contribution in [1.82, 2.24) is 10.2 Å². The molecule has 0 aromatic heterocycles. The molecular formula is C17H23N3O3. The van der Waals surface area contributed by atoms with Gasteiger partial charge in [0.05, 0.1) is 25.6 Å². The van der Waals surface area contributed by atoms with Crippen molar-refractivity contribution in [1.29, 1.82) is 0 Å². The van der Waals surface area contributed by atoms with Gasteiger partial charge >= 0.3 is 0 Å². The number of carbonyl (C=O) groups excluding carboxylic acids is 2. The summed E-state index contributed by atoms with van der Waals surface area (Å²) in [7, 11) is 0. The number of benzene rings is 1. The second-order valence-electron chi connectivity index (χ2n) is 6.05. The van der Waals surface area contributed by atoms with Crippen molar-refractivity contribution in [2.75, 3.05) is 44.7 Å². The fourth-order valence-electron chi connectivity index (χ4n) is 2.93. The topological polar surface area (TPSA) is 70.7 Å². The number of nitrogens with one attached hydrogen (secondary N) is 2. The van der Waals surface area contributed by atoms with Gasteiger partial charge in [0.2, 0.25) is 11.8 Å². The maximum absolute atomic E-state index is 12.2. The Bertz CT molecular complexity index is 547. The van der Waals surface area contributed by atoms with Gasteiger partial charge in [-0.05, 0) is 30.7 Å². The number of hydrogen-bond donors (Lipinski definition) is 2. The van der Waals surface area contributed by atoms with E-state index in [1.807, 2.05) is 29.2 Å². The molecule has 1 unspecified atom stereocenters. The van der Waals surface area contributed by atoms with Gasteiger partial charge in [0.1, 0.15) is 0 Å². The predicted molar refractivity (Wildman–Crippen MR) is 87.2 cm³/mol. The van der Waals surface area contributed by atoms with Crippen LogP contribution in [0.4, 0.5) is 5.69 Å². The maximum Gasteiger partial charge on any atom is 0.228 e. The molecule has 2 fully saturated rings. The van der Waals surface area contributed by atoms with Crippen molar-refractivity contribution in [2.45, 2.75) is 12.8 Å². The second kappa shape index (κ2) is 7.57. The summed E-state index contributed by atoms with van der Waals surface area (Å²) in [6, 6.07) is 7.53. The minimum atomic E-state index is 0.0533. The number of hydrogen-bond acceptors (Lipinski definition) is 4. The minimum Gasteiger partial charge on any atom is -0.378 e. The maximum atomic E-state index is 12.2. The van der Waals surface area contributed by atoms with Gasteiger partial charge in [-0.3, -0.25) is 9.59 Å². The van der Waals surface area contributed by atoms with E-state index < -0.39 is 0 Å². The third-order valence-corrected chi connectivity index (χ3v) is 4.37. The molecular weight excluding hydrogens is 294 g/mol. The highest BCUT2D eigenvalue weighted by molar-refractivity contribution is 5.93. The van der Waals surface area contributed by atoms with Crippen molar-refractivity contribution in [3.63, 3.8) is 0 Å². The lowest BCUT2D eigenvalue weighted by atomic mass is 10.1. The summed E-state index contributed by atoms with van der Waals surface area (Å²) in [5.41, 5.74) is 1.74. The Morgan fingerprint density at radius 3 is 2.61 bits per heavy atom. The largest absolute Gasteiger partial charge is 0.378 e. The Balaban J connectivity index is 1.52. The lowest BCUT2D eigenvalue weighted by Crippen LogP contribution is -2.41. The van der Waals surface area contributed by atoms with Gasteiger partial charge in [-0.15, -0.1) is 0 Å². The molecule has 0 bridgehead atoms. The molecule has 0 saturated carbocycles. The number of amides is 2. The van der Waals surface area contributed by atoms with Crippen LogP contribution in [0.5, 0.6) is 0 Å². The zero-order chi connectivity index (χ0) is 16.1. The molecule has 2 saturated heterocycles. The summed E-state index contributed by atoms with van der Waals surface area (Å²) in [5.74, 6) is 0.242. The lowest BCUT2D eigenvalue weighted by Gasteiger charge is -2.26. The summed E-state index contributed by atoms with van der Waals surface area (Å²) >= 11 is 0. The quantitative estimate of drug-likeness (QED) is 0.855. The van der Waals surface area contributed by atoms with Crippen LogP contribution in [0.3, 0.4) is 0 Å². The SMILES string of the molecule is O=C(Nc1ccc(CC(=O)N2CCOCC2)cc1)C1CCNC1. The van der Waals surface area contributed by atoms with Crippen molar-refractivity contribution >= 4 is 17.5 Å². The van der Waals surface area contributed by atoms with Crippen LogP contribution < -0.4 is 10.6 Å². The summed E-state index contributed by atoms with van der Waals surface area (Å²) in [6.45, 7) is 4.23. The van der Waals surface area contributed by atoms with E-state index in [0.29, 0.717) is 32.7 Å². The van der Waals surface area contributed by atoms with Crippen LogP contribution in [0.1, 0.15) is 12.0 Å². The molecule has 2 aliphatic rings. The van der Waals surface area contributed by atoms with Gasteiger partial charge in [0.25, 0.3) is 0 Å². The van der Waals surface area contributed by atoms with Crippen LogP contribution in [0.2, 0.25) is 0 Å². The van der Waals surface area contributed by atoms with Gasteiger partial charge in [-0.25, -0.2) is 0 Å². The van der Waals surface area contributed by atoms with Crippen LogP contribution >= 0.6 is 0 Å². The Labute approximate surface area is 136 Å². The van der Waals surface area contributed by atoms with Crippen LogP contribution in [0, 0.1) is 5.92 Å². The lowest BCUT2D eigenvalue weighted by molar-refractivity contribution is -0.134. The molecule has 2 heterocycles. The average Bonchev–Trinajstić information content (AvgIpc) is 3.12.